The van der Waals surface area contributed by atoms with Crippen molar-refractivity contribution in [2.45, 2.75) is 6.92 Å². The highest BCUT2D eigenvalue weighted by atomic mass is 16.5. The van der Waals surface area contributed by atoms with Crippen LogP contribution in [0.3, 0.4) is 0 Å². The first-order chi connectivity index (χ1) is 9.74. The van der Waals surface area contributed by atoms with Crippen molar-refractivity contribution in [1.29, 1.82) is 0 Å². The van der Waals surface area contributed by atoms with E-state index in [0.29, 0.717) is 5.56 Å². The molecule has 2 rings (SSSR count). The van der Waals surface area contributed by atoms with Crippen LogP contribution < -0.4 is 15.4 Å². The molecule has 0 saturated carbocycles. The van der Waals surface area contributed by atoms with E-state index < -0.39 is 0 Å². The Morgan fingerprint density at radius 1 is 1.25 bits per heavy atom. The fourth-order valence-electron chi connectivity index (χ4n) is 1.80. The molecule has 2 aromatic rings. The first kappa shape index (κ1) is 13.9. The molecule has 0 aliphatic rings. The fraction of sp³-hybridized carbons (Fsp3) is 0.200. The molecule has 0 aliphatic heterocycles. The average molecular weight is 271 g/mol. The number of carbonyl (C=O) groups excluding carboxylic acids is 1. The van der Waals surface area contributed by atoms with Crippen LogP contribution in [0, 0.1) is 0 Å². The van der Waals surface area contributed by atoms with E-state index in [1.165, 1.54) is 0 Å². The molecule has 0 spiro atoms. The average Bonchev–Trinajstić information content (AvgIpc) is 2.49. The van der Waals surface area contributed by atoms with Gasteiger partial charge in [-0.25, -0.2) is 0 Å². The van der Waals surface area contributed by atoms with Crippen LogP contribution in [0.2, 0.25) is 0 Å². The van der Waals surface area contributed by atoms with Gasteiger partial charge in [-0.2, -0.15) is 0 Å². The lowest BCUT2D eigenvalue weighted by Gasteiger charge is -2.10. The van der Waals surface area contributed by atoms with E-state index in [4.69, 9.17) is 4.74 Å². The summed E-state index contributed by atoms with van der Waals surface area (Å²) >= 11 is 0. The Balaban J connectivity index is 2.15. The second-order valence-electron chi connectivity index (χ2n) is 4.13. The molecule has 0 saturated heterocycles. The molecule has 0 bridgehead atoms. The molecule has 104 valence electrons. The van der Waals surface area contributed by atoms with Gasteiger partial charge in [-0.05, 0) is 37.3 Å². The lowest BCUT2D eigenvalue weighted by atomic mass is 10.2. The molecule has 0 unspecified atom stereocenters. The number of methoxy groups -OCH3 is 1. The third-order valence-corrected chi connectivity index (χ3v) is 2.78. The van der Waals surface area contributed by atoms with Crippen LogP contribution in [0.5, 0.6) is 5.75 Å². The van der Waals surface area contributed by atoms with Gasteiger partial charge in [-0.1, -0.05) is 0 Å². The molecule has 5 nitrogen and oxygen atoms in total. The Labute approximate surface area is 118 Å². The summed E-state index contributed by atoms with van der Waals surface area (Å²) in [5.74, 6) is 0.578. The standard InChI is InChI=1S/C15H17N3O2/c1-3-17-14-10-16-9-8-13(14)15(19)18-11-4-6-12(20-2)7-5-11/h4-10,17H,3H2,1-2H3,(H,18,19). The Morgan fingerprint density at radius 3 is 2.65 bits per heavy atom. The predicted molar refractivity (Wildman–Crippen MR) is 79.3 cm³/mol. The first-order valence-electron chi connectivity index (χ1n) is 6.38. The van der Waals surface area contributed by atoms with Gasteiger partial charge in [0.25, 0.3) is 5.91 Å². The topological polar surface area (TPSA) is 63.2 Å². The predicted octanol–water partition coefficient (Wildman–Crippen LogP) is 2.77. The van der Waals surface area contributed by atoms with E-state index >= 15 is 0 Å². The highest BCUT2D eigenvalue weighted by Crippen LogP contribution is 2.18. The number of anilines is 2. The van der Waals surface area contributed by atoms with E-state index in [1.807, 2.05) is 6.92 Å². The molecule has 0 fully saturated rings. The van der Waals surface area contributed by atoms with Crippen LogP contribution in [0.25, 0.3) is 0 Å². The second-order valence-corrected chi connectivity index (χ2v) is 4.13. The molecule has 2 N–H and O–H groups in total. The van der Waals surface area contributed by atoms with Crippen LogP contribution >= 0.6 is 0 Å². The van der Waals surface area contributed by atoms with Crippen molar-refractivity contribution in [2.75, 3.05) is 24.3 Å². The number of ether oxygens (including phenoxy) is 1. The third kappa shape index (κ3) is 3.26. The van der Waals surface area contributed by atoms with Crippen molar-refractivity contribution in [3.05, 3.63) is 48.3 Å². The number of amides is 1. The largest absolute Gasteiger partial charge is 0.497 e. The minimum absolute atomic E-state index is 0.173. The molecular formula is C15H17N3O2. The van der Waals surface area contributed by atoms with Gasteiger partial charge in [-0.3, -0.25) is 9.78 Å². The summed E-state index contributed by atoms with van der Waals surface area (Å²) in [6.45, 7) is 2.70. The SMILES string of the molecule is CCNc1cnccc1C(=O)Nc1ccc(OC)cc1. The van der Waals surface area contributed by atoms with Gasteiger partial charge in [0, 0.05) is 18.4 Å². The van der Waals surface area contributed by atoms with Crippen molar-refractivity contribution in [1.82, 2.24) is 4.98 Å². The molecule has 1 heterocycles. The van der Waals surface area contributed by atoms with E-state index in [1.54, 1.807) is 49.8 Å². The van der Waals surface area contributed by atoms with Crippen molar-refractivity contribution < 1.29 is 9.53 Å². The third-order valence-electron chi connectivity index (χ3n) is 2.78. The van der Waals surface area contributed by atoms with Crippen LogP contribution in [0.1, 0.15) is 17.3 Å². The molecular weight excluding hydrogens is 254 g/mol. The van der Waals surface area contributed by atoms with E-state index in [2.05, 4.69) is 15.6 Å². The van der Waals surface area contributed by atoms with Gasteiger partial charge < -0.3 is 15.4 Å². The fourth-order valence-corrected chi connectivity index (χ4v) is 1.80. The lowest BCUT2D eigenvalue weighted by molar-refractivity contribution is 0.102. The van der Waals surface area contributed by atoms with Crippen LogP contribution in [0.4, 0.5) is 11.4 Å². The number of hydrogen-bond acceptors (Lipinski definition) is 4. The number of rotatable bonds is 5. The zero-order chi connectivity index (χ0) is 14.4. The number of nitrogens with zero attached hydrogens (tertiary/aromatic N) is 1. The Hall–Kier alpha value is -2.56. The number of nitrogens with one attached hydrogen (secondary N) is 2. The monoisotopic (exact) mass is 271 g/mol. The maximum atomic E-state index is 12.3. The Kier molecular flexibility index (Phi) is 4.55. The molecule has 1 aromatic carbocycles. The van der Waals surface area contributed by atoms with Crippen LogP contribution in [0.15, 0.2) is 42.7 Å². The zero-order valence-corrected chi connectivity index (χ0v) is 11.5. The van der Waals surface area contributed by atoms with E-state index in [0.717, 1.165) is 23.7 Å². The highest BCUT2D eigenvalue weighted by Gasteiger charge is 2.11. The molecule has 1 amide bonds. The minimum Gasteiger partial charge on any atom is -0.497 e. The highest BCUT2D eigenvalue weighted by molar-refractivity contribution is 6.07. The summed E-state index contributed by atoms with van der Waals surface area (Å²) in [4.78, 5) is 16.3. The molecule has 0 aliphatic carbocycles. The summed E-state index contributed by atoms with van der Waals surface area (Å²) in [6, 6.07) is 8.88. The van der Waals surface area contributed by atoms with Gasteiger partial charge in [-0.15, -0.1) is 0 Å². The lowest BCUT2D eigenvalue weighted by Crippen LogP contribution is -2.15. The van der Waals surface area contributed by atoms with Gasteiger partial charge in [0.15, 0.2) is 0 Å². The number of pyridine rings is 1. The summed E-state index contributed by atoms with van der Waals surface area (Å²) in [5, 5.41) is 5.96. The number of hydrogen-bond donors (Lipinski definition) is 2. The maximum absolute atomic E-state index is 12.3. The molecule has 0 radical (unpaired) electrons. The van der Waals surface area contributed by atoms with Crippen LogP contribution in [-0.4, -0.2) is 24.5 Å². The van der Waals surface area contributed by atoms with Gasteiger partial charge in [0.2, 0.25) is 0 Å². The van der Waals surface area contributed by atoms with Crippen molar-refractivity contribution in [2.24, 2.45) is 0 Å². The van der Waals surface area contributed by atoms with Crippen molar-refractivity contribution in [3.8, 4) is 5.75 Å². The normalized spacial score (nSPS) is 9.90. The van der Waals surface area contributed by atoms with Crippen molar-refractivity contribution in [3.63, 3.8) is 0 Å². The molecule has 5 heteroatoms. The maximum Gasteiger partial charge on any atom is 0.257 e. The van der Waals surface area contributed by atoms with Crippen molar-refractivity contribution >= 4 is 17.3 Å². The second kappa shape index (κ2) is 6.56. The summed E-state index contributed by atoms with van der Waals surface area (Å²) in [6.07, 6.45) is 3.25. The quantitative estimate of drug-likeness (QED) is 0.877. The molecule has 20 heavy (non-hydrogen) atoms. The zero-order valence-electron chi connectivity index (χ0n) is 11.5. The molecule has 1 aromatic heterocycles. The van der Waals surface area contributed by atoms with Gasteiger partial charge in [0.05, 0.1) is 24.6 Å². The smallest absolute Gasteiger partial charge is 0.257 e. The van der Waals surface area contributed by atoms with E-state index in [-0.39, 0.29) is 5.91 Å². The first-order valence-corrected chi connectivity index (χ1v) is 6.38. The summed E-state index contributed by atoms with van der Waals surface area (Å²) < 4.78 is 5.08. The number of aromatic nitrogens is 1. The number of carbonyl (C=O) groups is 1. The van der Waals surface area contributed by atoms with Gasteiger partial charge in [0.1, 0.15) is 5.75 Å². The number of benzene rings is 1. The molecule has 0 atom stereocenters. The van der Waals surface area contributed by atoms with Crippen LogP contribution in [-0.2, 0) is 0 Å². The summed E-state index contributed by atoms with van der Waals surface area (Å²) in [5.41, 5.74) is 2.01. The summed E-state index contributed by atoms with van der Waals surface area (Å²) in [7, 11) is 1.60. The Morgan fingerprint density at radius 2 is 2.00 bits per heavy atom. The Bertz CT molecular complexity index is 582. The van der Waals surface area contributed by atoms with E-state index in [9.17, 15) is 4.79 Å². The minimum atomic E-state index is -0.173. The van der Waals surface area contributed by atoms with Gasteiger partial charge >= 0.3 is 0 Å².